The molecule has 236 valence electrons. The van der Waals surface area contributed by atoms with E-state index in [2.05, 4.69) is 66.9 Å². The van der Waals surface area contributed by atoms with Gasteiger partial charge in [-0.05, 0) is 68.3 Å². The summed E-state index contributed by atoms with van der Waals surface area (Å²) in [5.74, 6) is 0.503. The number of thiazole rings is 1. The monoisotopic (exact) mass is 763 g/mol. The van der Waals surface area contributed by atoms with Crippen molar-refractivity contribution in [1.82, 2.24) is 9.13 Å². The second-order valence-electron chi connectivity index (χ2n) is 10.6. The van der Waals surface area contributed by atoms with Crippen molar-refractivity contribution in [1.29, 1.82) is 0 Å². The van der Waals surface area contributed by atoms with Crippen molar-refractivity contribution in [3.63, 3.8) is 0 Å². The first-order chi connectivity index (χ1) is 22.2. The minimum absolute atomic E-state index is 0.185. The predicted octanol–water partition coefficient (Wildman–Crippen LogP) is 6.73. The van der Waals surface area contributed by atoms with Gasteiger partial charge in [-0.15, -0.1) is 0 Å². The van der Waals surface area contributed by atoms with Crippen molar-refractivity contribution in [2.24, 2.45) is 4.99 Å². The van der Waals surface area contributed by atoms with Crippen LogP contribution < -0.4 is 24.4 Å². The molecule has 0 bridgehead atoms. The quantitative estimate of drug-likeness (QED) is 0.156. The van der Waals surface area contributed by atoms with Crippen molar-refractivity contribution in [2.45, 2.75) is 33.4 Å². The SMILES string of the molecule is CCOC(=O)C1=C(C)N=c2s/c(=C/c3cn(Cc4ccc(Br)cc4)c4ccccc34)c(=O)n2[C@H]1c1cc(OC)c(OCC)cc1Br. The maximum absolute atomic E-state index is 14.4. The van der Waals surface area contributed by atoms with E-state index in [0.717, 1.165) is 26.5 Å². The molecule has 0 radical (unpaired) electrons. The minimum Gasteiger partial charge on any atom is -0.493 e. The van der Waals surface area contributed by atoms with Gasteiger partial charge in [-0.3, -0.25) is 9.36 Å². The largest absolute Gasteiger partial charge is 0.493 e. The van der Waals surface area contributed by atoms with Gasteiger partial charge in [0.15, 0.2) is 16.3 Å². The summed E-state index contributed by atoms with van der Waals surface area (Å²) in [6, 6.07) is 19.2. The number of hydrogen-bond donors (Lipinski definition) is 0. The van der Waals surface area contributed by atoms with Crippen LogP contribution in [-0.4, -0.2) is 35.4 Å². The van der Waals surface area contributed by atoms with Gasteiger partial charge in [-0.25, -0.2) is 9.79 Å². The van der Waals surface area contributed by atoms with Gasteiger partial charge in [0.25, 0.3) is 5.56 Å². The number of fused-ring (bicyclic) bond motifs is 2. The third-order valence-electron chi connectivity index (χ3n) is 7.77. The fraction of sp³-hybridized carbons (Fsp3) is 0.229. The molecule has 1 aliphatic rings. The Balaban J connectivity index is 1.53. The van der Waals surface area contributed by atoms with E-state index in [9.17, 15) is 9.59 Å². The Labute approximate surface area is 286 Å². The van der Waals surface area contributed by atoms with E-state index in [1.165, 1.54) is 11.3 Å². The summed E-state index contributed by atoms with van der Waals surface area (Å²) < 4.78 is 22.9. The summed E-state index contributed by atoms with van der Waals surface area (Å²) in [5, 5.41) is 1.03. The molecule has 3 aromatic carbocycles. The maximum atomic E-state index is 14.4. The number of aromatic nitrogens is 2. The molecule has 0 unspecified atom stereocenters. The number of nitrogens with zero attached hydrogens (tertiary/aromatic N) is 3. The molecule has 0 saturated carbocycles. The normalized spacial score (nSPS) is 14.7. The van der Waals surface area contributed by atoms with E-state index in [1.807, 2.05) is 37.3 Å². The summed E-state index contributed by atoms with van der Waals surface area (Å²) in [7, 11) is 1.56. The molecule has 0 fully saturated rings. The number of allylic oxidation sites excluding steroid dienone is 1. The number of rotatable bonds is 9. The smallest absolute Gasteiger partial charge is 0.338 e. The summed E-state index contributed by atoms with van der Waals surface area (Å²) in [6.45, 7) is 6.73. The van der Waals surface area contributed by atoms with Crippen molar-refractivity contribution < 1.29 is 19.0 Å². The number of para-hydroxylation sites is 1. The molecular formula is C35H31Br2N3O5S. The molecular weight excluding hydrogens is 734 g/mol. The third-order valence-corrected chi connectivity index (χ3v) is 9.96. The van der Waals surface area contributed by atoms with Crippen LogP contribution in [0.4, 0.5) is 0 Å². The van der Waals surface area contributed by atoms with Crippen LogP contribution in [0.2, 0.25) is 0 Å². The molecule has 46 heavy (non-hydrogen) atoms. The number of ether oxygens (including phenoxy) is 3. The number of benzene rings is 3. The number of carbonyl (C=O) groups excluding carboxylic acids is 1. The molecule has 1 atom stereocenters. The summed E-state index contributed by atoms with van der Waals surface area (Å²) in [5.41, 5.74) is 4.31. The lowest BCUT2D eigenvalue weighted by molar-refractivity contribution is -0.139. The highest BCUT2D eigenvalue weighted by molar-refractivity contribution is 9.10. The highest BCUT2D eigenvalue weighted by atomic mass is 79.9. The van der Waals surface area contributed by atoms with E-state index in [-0.39, 0.29) is 12.2 Å². The molecule has 3 heterocycles. The van der Waals surface area contributed by atoms with Crippen LogP contribution in [0.15, 0.2) is 96.9 Å². The molecule has 2 aromatic heterocycles. The van der Waals surface area contributed by atoms with Crippen LogP contribution in [0.25, 0.3) is 17.0 Å². The molecule has 0 saturated heterocycles. The van der Waals surface area contributed by atoms with Crippen LogP contribution in [0.3, 0.4) is 0 Å². The van der Waals surface area contributed by atoms with Gasteiger partial charge in [-0.1, -0.05) is 73.5 Å². The fourth-order valence-electron chi connectivity index (χ4n) is 5.72. The van der Waals surface area contributed by atoms with Crippen molar-refractivity contribution in [3.05, 3.63) is 123 Å². The highest BCUT2D eigenvalue weighted by Crippen LogP contribution is 2.41. The molecule has 11 heteroatoms. The van der Waals surface area contributed by atoms with Gasteiger partial charge < -0.3 is 18.8 Å². The van der Waals surface area contributed by atoms with Gasteiger partial charge in [-0.2, -0.15) is 0 Å². The number of halogens is 2. The average molecular weight is 766 g/mol. The first-order valence-electron chi connectivity index (χ1n) is 14.8. The number of esters is 1. The topological polar surface area (TPSA) is 84.1 Å². The van der Waals surface area contributed by atoms with E-state index < -0.39 is 12.0 Å². The molecule has 6 rings (SSSR count). The number of hydrogen-bond acceptors (Lipinski definition) is 7. The van der Waals surface area contributed by atoms with E-state index in [4.69, 9.17) is 19.2 Å². The summed E-state index contributed by atoms with van der Waals surface area (Å²) in [4.78, 5) is 33.0. The van der Waals surface area contributed by atoms with Crippen molar-refractivity contribution in [2.75, 3.05) is 20.3 Å². The Morgan fingerprint density at radius 3 is 2.52 bits per heavy atom. The zero-order valence-corrected chi connectivity index (χ0v) is 29.7. The molecule has 0 aliphatic carbocycles. The number of carbonyl (C=O) groups is 1. The first-order valence-corrected chi connectivity index (χ1v) is 17.2. The number of methoxy groups -OCH3 is 1. The average Bonchev–Trinajstić information content (AvgIpc) is 3.54. The van der Waals surface area contributed by atoms with E-state index in [0.29, 0.717) is 55.3 Å². The first kappa shape index (κ1) is 32.0. The fourth-order valence-corrected chi connectivity index (χ4v) is 7.56. The Bertz CT molecular complexity index is 2180. The molecule has 0 amide bonds. The van der Waals surface area contributed by atoms with Gasteiger partial charge >= 0.3 is 5.97 Å². The predicted molar refractivity (Wildman–Crippen MR) is 187 cm³/mol. The van der Waals surface area contributed by atoms with Crippen molar-refractivity contribution in [3.8, 4) is 11.5 Å². The van der Waals surface area contributed by atoms with Gasteiger partial charge in [0.1, 0.15) is 0 Å². The maximum Gasteiger partial charge on any atom is 0.338 e. The Morgan fingerprint density at radius 1 is 1.04 bits per heavy atom. The van der Waals surface area contributed by atoms with E-state index >= 15 is 0 Å². The highest BCUT2D eigenvalue weighted by Gasteiger charge is 2.35. The lowest BCUT2D eigenvalue weighted by atomic mass is 9.95. The Hall–Kier alpha value is -3.93. The molecule has 1 aliphatic heterocycles. The van der Waals surface area contributed by atoms with Crippen LogP contribution in [0, 0.1) is 0 Å². The minimum atomic E-state index is -0.810. The third kappa shape index (κ3) is 5.99. The Kier molecular flexibility index (Phi) is 9.35. The summed E-state index contributed by atoms with van der Waals surface area (Å²) in [6.07, 6.45) is 3.99. The van der Waals surface area contributed by atoms with Crippen molar-refractivity contribution >= 4 is 66.1 Å². The van der Waals surface area contributed by atoms with Gasteiger partial charge in [0.05, 0.1) is 42.2 Å². The second kappa shape index (κ2) is 13.4. The van der Waals surface area contributed by atoms with Gasteiger partial charge in [0.2, 0.25) is 0 Å². The van der Waals surface area contributed by atoms with Gasteiger partial charge in [0, 0.05) is 38.2 Å². The lowest BCUT2D eigenvalue weighted by Crippen LogP contribution is -2.40. The zero-order valence-electron chi connectivity index (χ0n) is 25.7. The van der Waals surface area contributed by atoms with Crippen LogP contribution in [0.5, 0.6) is 11.5 Å². The Morgan fingerprint density at radius 2 is 1.80 bits per heavy atom. The molecule has 8 nitrogen and oxygen atoms in total. The molecule has 0 spiro atoms. The van der Waals surface area contributed by atoms with Crippen LogP contribution in [0.1, 0.15) is 43.5 Å². The van der Waals surface area contributed by atoms with E-state index in [1.54, 1.807) is 37.7 Å². The zero-order chi connectivity index (χ0) is 32.5. The second-order valence-corrected chi connectivity index (χ2v) is 13.4. The van der Waals surface area contributed by atoms with Crippen LogP contribution >= 0.6 is 43.2 Å². The van der Waals surface area contributed by atoms with Crippen LogP contribution in [-0.2, 0) is 16.1 Å². The summed E-state index contributed by atoms with van der Waals surface area (Å²) >= 11 is 8.49. The molecule has 0 N–H and O–H groups in total. The standard InChI is InChI=1S/C35H31Br2N3O5S/c1-5-44-29-17-26(37)25(16-28(29)43-4)32-31(34(42)45-6-2)20(3)38-35-40(32)33(41)30(46-35)15-22-19-39(27-10-8-7-9-24(22)27)18-21-11-13-23(36)14-12-21/h7-17,19,32H,5-6,18H2,1-4H3/b30-15+/t32-/m0/s1. The lowest BCUT2D eigenvalue weighted by Gasteiger charge is -2.26. The molecule has 5 aromatic rings.